The van der Waals surface area contributed by atoms with E-state index in [2.05, 4.69) is 9.97 Å². The number of anilines is 1. The molecule has 0 atom stereocenters. The molecular formula is C18H14N4O. The van der Waals surface area contributed by atoms with Gasteiger partial charge in [-0.15, -0.1) is 0 Å². The summed E-state index contributed by atoms with van der Waals surface area (Å²) in [5, 5.41) is 10.5. The molecule has 0 amide bonds. The van der Waals surface area contributed by atoms with Gasteiger partial charge in [-0.05, 0) is 29.8 Å². The van der Waals surface area contributed by atoms with Crippen LogP contribution in [0.3, 0.4) is 0 Å². The lowest BCUT2D eigenvalue weighted by atomic mass is 10.1. The van der Waals surface area contributed by atoms with Crippen molar-refractivity contribution in [3.05, 3.63) is 67.1 Å². The van der Waals surface area contributed by atoms with Gasteiger partial charge in [0.15, 0.2) is 5.65 Å². The minimum absolute atomic E-state index is 0.207. The Bertz CT molecular complexity index is 993. The highest BCUT2D eigenvalue weighted by Crippen LogP contribution is 2.35. The first kappa shape index (κ1) is 13.3. The first-order valence-corrected chi connectivity index (χ1v) is 7.20. The third kappa shape index (κ3) is 2.19. The summed E-state index contributed by atoms with van der Waals surface area (Å²) in [7, 11) is 0. The van der Waals surface area contributed by atoms with Crippen molar-refractivity contribution in [2.24, 2.45) is 0 Å². The van der Waals surface area contributed by atoms with Gasteiger partial charge in [-0.1, -0.05) is 30.3 Å². The van der Waals surface area contributed by atoms with Crippen molar-refractivity contribution in [2.75, 3.05) is 5.73 Å². The van der Waals surface area contributed by atoms with Gasteiger partial charge in [-0.25, -0.2) is 9.97 Å². The Kier molecular flexibility index (Phi) is 2.98. The van der Waals surface area contributed by atoms with Crippen LogP contribution in [-0.4, -0.2) is 19.6 Å². The lowest BCUT2D eigenvalue weighted by Gasteiger charge is -2.03. The quantitative estimate of drug-likeness (QED) is 0.595. The second kappa shape index (κ2) is 5.14. The zero-order valence-corrected chi connectivity index (χ0v) is 12.2. The maximum Gasteiger partial charge on any atom is 0.150 e. The van der Waals surface area contributed by atoms with Crippen LogP contribution < -0.4 is 5.73 Å². The molecule has 4 aromatic rings. The summed E-state index contributed by atoms with van der Waals surface area (Å²) in [5.74, 6) is 0.626. The third-order valence-corrected chi connectivity index (χ3v) is 3.80. The van der Waals surface area contributed by atoms with Gasteiger partial charge in [0.25, 0.3) is 0 Å². The first-order chi connectivity index (χ1) is 11.2. The number of aromatic hydroxyl groups is 1. The number of benzene rings is 2. The Labute approximate surface area is 132 Å². The molecule has 2 aromatic carbocycles. The monoisotopic (exact) mass is 302 g/mol. The number of aromatic nitrogens is 3. The number of para-hydroxylation sites is 1. The summed E-state index contributed by atoms with van der Waals surface area (Å²) in [5.41, 5.74) is 9.58. The van der Waals surface area contributed by atoms with E-state index in [4.69, 9.17) is 5.73 Å². The number of nitrogens with zero attached hydrogens (tertiary/aromatic N) is 3. The normalized spacial score (nSPS) is 11.0. The topological polar surface area (TPSA) is 77.0 Å². The number of nitrogens with two attached hydrogens (primary N) is 1. The van der Waals surface area contributed by atoms with Gasteiger partial charge in [0.2, 0.25) is 0 Å². The Morgan fingerprint density at radius 3 is 2.57 bits per heavy atom. The molecule has 23 heavy (non-hydrogen) atoms. The van der Waals surface area contributed by atoms with Crippen LogP contribution in [0.2, 0.25) is 0 Å². The average Bonchev–Trinajstić information content (AvgIpc) is 2.97. The standard InChI is InChI=1S/C18H14N4O/c19-17-16-15(12-5-4-8-14(23)9-12)10-22(18(16)21-11-20-17)13-6-2-1-3-7-13/h1-11,23H,(H2,19,20,21). The molecule has 0 spiro atoms. The summed E-state index contributed by atoms with van der Waals surface area (Å²) in [6.45, 7) is 0. The zero-order valence-electron chi connectivity index (χ0n) is 12.2. The third-order valence-electron chi connectivity index (χ3n) is 3.80. The molecule has 0 radical (unpaired) electrons. The minimum Gasteiger partial charge on any atom is -0.508 e. The van der Waals surface area contributed by atoms with Crippen LogP contribution in [-0.2, 0) is 0 Å². The summed E-state index contributed by atoms with van der Waals surface area (Å²) in [6, 6.07) is 17.0. The fraction of sp³-hybridized carbons (Fsp3) is 0. The molecule has 4 rings (SSSR count). The number of hydrogen-bond donors (Lipinski definition) is 2. The second-order valence-electron chi connectivity index (χ2n) is 5.26. The zero-order chi connectivity index (χ0) is 15.8. The first-order valence-electron chi connectivity index (χ1n) is 7.20. The molecule has 0 saturated carbocycles. The van der Waals surface area contributed by atoms with Crippen molar-refractivity contribution in [1.82, 2.24) is 14.5 Å². The van der Waals surface area contributed by atoms with E-state index < -0.39 is 0 Å². The van der Waals surface area contributed by atoms with E-state index in [0.717, 1.165) is 27.8 Å². The van der Waals surface area contributed by atoms with Crippen LogP contribution in [0.15, 0.2) is 67.1 Å². The van der Waals surface area contributed by atoms with E-state index >= 15 is 0 Å². The van der Waals surface area contributed by atoms with Crippen molar-refractivity contribution in [3.63, 3.8) is 0 Å². The van der Waals surface area contributed by atoms with Crippen LogP contribution in [0.1, 0.15) is 0 Å². The molecule has 3 N–H and O–H groups in total. The Hall–Kier alpha value is -3.34. The van der Waals surface area contributed by atoms with Crippen molar-refractivity contribution in [2.45, 2.75) is 0 Å². The van der Waals surface area contributed by atoms with Gasteiger partial charge in [0.1, 0.15) is 17.9 Å². The molecule has 2 heterocycles. The van der Waals surface area contributed by atoms with Crippen LogP contribution in [0.25, 0.3) is 27.8 Å². The van der Waals surface area contributed by atoms with E-state index in [-0.39, 0.29) is 5.75 Å². The molecule has 0 unspecified atom stereocenters. The maximum atomic E-state index is 9.77. The Balaban J connectivity index is 2.06. The molecule has 5 heteroatoms. The molecule has 2 aromatic heterocycles. The highest BCUT2D eigenvalue weighted by atomic mass is 16.3. The molecule has 0 aliphatic carbocycles. The van der Waals surface area contributed by atoms with Crippen LogP contribution in [0, 0.1) is 0 Å². The van der Waals surface area contributed by atoms with Gasteiger partial charge in [0.05, 0.1) is 5.39 Å². The number of nitrogen functional groups attached to an aromatic ring is 1. The van der Waals surface area contributed by atoms with E-state index in [0.29, 0.717) is 5.82 Å². The summed E-state index contributed by atoms with van der Waals surface area (Å²) in [6.07, 6.45) is 3.43. The molecule has 0 saturated heterocycles. The average molecular weight is 302 g/mol. The number of hydrogen-bond acceptors (Lipinski definition) is 4. The van der Waals surface area contributed by atoms with Crippen molar-refractivity contribution in [1.29, 1.82) is 0 Å². The highest BCUT2D eigenvalue weighted by molar-refractivity contribution is 6.01. The maximum absolute atomic E-state index is 9.77. The largest absolute Gasteiger partial charge is 0.508 e. The fourth-order valence-electron chi connectivity index (χ4n) is 2.76. The number of rotatable bonds is 2. The van der Waals surface area contributed by atoms with Crippen LogP contribution in [0.5, 0.6) is 5.75 Å². The second-order valence-corrected chi connectivity index (χ2v) is 5.26. The van der Waals surface area contributed by atoms with Gasteiger partial charge in [-0.2, -0.15) is 0 Å². The van der Waals surface area contributed by atoms with E-state index in [1.165, 1.54) is 6.33 Å². The lowest BCUT2D eigenvalue weighted by molar-refractivity contribution is 0.475. The van der Waals surface area contributed by atoms with Gasteiger partial charge in [-0.3, -0.25) is 0 Å². The smallest absolute Gasteiger partial charge is 0.150 e. The number of fused-ring (bicyclic) bond motifs is 1. The Morgan fingerprint density at radius 2 is 1.78 bits per heavy atom. The van der Waals surface area contributed by atoms with Gasteiger partial charge < -0.3 is 15.4 Å². The molecular weight excluding hydrogens is 288 g/mol. The van der Waals surface area contributed by atoms with Crippen molar-refractivity contribution in [3.8, 4) is 22.6 Å². The fourth-order valence-corrected chi connectivity index (χ4v) is 2.76. The van der Waals surface area contributed by atoms with Crippen LogP contribution in [0.4, 0.5) is 5.82 Å². The summed E-state index contributed by atoms with van der Waals surface area (Å²) < 4.78 is 1.98. The summed E-state index contributed by atoms with van der Waals surface area (Å²) in [4.78, 5) is 8.51. The van der Waals surface area contributed by atoms with Crippen LogP contribution >= 0.6 is 0 Å². The van der Waals surface area contributed by atoms with Gasteiger partial charge in [0, 0.05) is 17.4 Å². The van der Waals surface area contributed by atoms with E-state index in [1.54, 1.807) is 18.2 Å². The summed E-state index contributed by atoms with van der Waals surface area (Å²) >= 11 is 0. The molecule has 0 aliphatic rings. The molecule has 5 nitrogen and oxygen atoms in total. The molecule has 0 aliphatic heterocycles. The molecule has 0 fully saturated rings. The SMILES string of the molecule is Nc1ncnc2c1c(-c1cccc(O)c1)cn2-c1ccccc1. The minimum atomic E-state index is 0.207. The van der Waals surface area contributed by atoms with E-state index in [9.17, 15) is 5.11 Å². The van der Waals surface area contributed by atoms with E-state index in [1.807, 2.05) is 47.2 Å². The highest BCUT2D eigenvalue weighted by Gasteiger charge is 2.16. The predicted molar refractivity (Wildman–Crippen MR) is 90.4 cm³/mol. The lowest BCUT2D eigenvalue weighted by Crippen LogP contribution is -1.96. The van der Waals surface area contributed by atoms with Gasteiger partial charge >= 0.3 is 0 Å². The Morgan fingerprint density at radius 1 is 0.957 bits per heavy atom. The van der Waals surface area contributed by atoms with Crippen molar-refractivity contribution < 1.29 is 5.11 Å². The van der Waals surface area contributed by atoms with Crippen molar-refractivity contribution >= 4 is 16.9 Å². The number of phenols is 1. The number of phenolic OH excluding ortho intramolecular Hbond substituents is 1. The predicted octanol–water partition coefficient (Wildman–Crippen LogP) is 3.38. The molecule has 112 valence electrons. The molecule has 0 bridgehead atoms.